The summed E-state index contributed by atoms with van der Waals surface area (Å²) in [5.74, 6) is 1.09. The second-order valence-electron chi connectivity index (χ2n) is 2.99. The minimum atomic E-state index is 0.732. The number of allylic oxidation sites excluding steroid dienone is 2. The van der Waals surface area contributed by atoms with Gasteiger partial charge >= 0.3 is 0 Å². The lowest BCUT2D eigenvalue weighted by Crippen LogP contribution is -2.07. The first-order valence-corrected chi connectivity index (χ1v) is 4.82. The predicted molar refractivity (Wildman–Crippen MR) is 58.8 cm³/mol. The Kier molecular flexibility index (Phi) is 4.20. The molecule has 1 aromatic carbocycles. The van der Waals surface area contributed by atoms with Crippen molar-refractivity contribution in [3.8, 4) is 0 Å². The maximum Gasteiger partial charge on any atom is 0.113 e. The van der Waals surface area contributed by atoms with Gasteiger partial charge in [0.05, 0.1) is 5.76 Å². The summed E-state index contributed by atoms with van der Waals surface area (Å²) in [5.41, 5.74) is 7.22. The van der Waals surface area contributed by atoms with Gasteiger partial charge in [-0.3, -0.25) is 0 Å². The molecule has 0 atom stereocenters. The molecule has 0 bridgehead atoms. The third-order valence-corrected chi connectivity index (χ3v) is 2.22. The molecule has 76 valence electrons. The molecule has 2 heteroatoms. The van der Waals surface area contributed by atoms with Crippen molar-refractivity contribution in [3.63, 3.8) is 0 Å². The summed E-state index contributed by atoms with van der Waals surface area (Å²) in [4.78, 5) is 0. The fraction of sp³-hybridized carbons (Fsp3) is 0.333. The average molecular weight is 191 g/mol. The largest absolute Gasteiger partial charge is 0.493 e. The van der Waals surface area contributed by atoms with Crippen molar-refractivity contribution >= 4 is 0 Å². The summed E-state index contributed by atoms with van der Waals surface area (Å²) in [5, 5.41) is 0. The molecule has 0 aliphatic carbocycles. The molecule has 2 rings (SSSR count). The minimum Gasteiger partial charge on any atom is -0.493 e. The molecule has 1 aliphatic rings. The highest BCUT2D eigenvalue weighted by atomic mass is 16.5. The van der Waals surface area contributed by atoms with E-state index in [1.165, 1.54) is 18.2 Å². The molecule has 0 radical (unpaired) electrons. The van der Waals surface area contributed by atoms with Crippen LogP contribution in [-0.4, -0.2) is 7.05 Å². The van der Waals surface area contributed by atoms with Gasteiger partial charge in [0.25, 0.3) is 0 Å². The molecule has 0 unspecified atom stereocenters. The fourth-order valence-corrected chi connectivity index (χ4v) is 1.47. The van der Waals surface area contributed by atoms with E-state index in [0.29, 0.717) is 0 Å². The Morgan fingerprint density at radius 3 is 2.50 bits per heavy atom. The van der Waals surface area contributed by atoms with E-state index in [2.05, 4.69) is 30.0 Å². The lowest BCUT2D eigenvalue weighted by atomic mass is 10.0. The number of hydrogen-bond acceptors (Lipinski definition) is 2. The monoisotopic (exact) mass is 191 g/mol. The molecule has 1 aromatic rings. The number of ether oxygens (including phenoxy) is 1. The molecule has 2 nitrogen and oxygen atoms in total. The van der Waals surface area contributed by atoms with Gasteiger partial charge in [-0.25, -0.2) is 0 Å². The molecule has 2 N–H and O–H groups in total. The van der Waals surface area contributed by atoms with Crippen LogP contribution < -0.4 is 5.73 Å². The summed E-state index contributed by atoms with van der Waals surface area (Å²) < 4.78 is 5.51. The van der Waals surface area contributed by atoms with Crippen molar-refractivity contribution in [3.05, 3.63) is 47.2 Å². The van der Waals surface area contributed by atoms with E-state index < -0.39 is 0 Å². The van der Waals surface area contributed by atoms with Gasteiger partial charge in [0.1, 0.15) is 6.61 Å². The zero-order chi connectivity index (χ0) is 10.4. The van der Waals surface area contributed by atoms with Crippen LogP contribution in [-0.2, 0) is 17.8 Å². The van der Waals surface area contributed by atoms with Crippen molar-refractivity contribution in [1.82, 2.24) is 0 Å². The van der Waals surface area contributed by atoms with Gasteiger partial charge in [0, 0.05) is 6.42 Å². The first-order valence-electron chi connectivity index (χ1n) is 4.82. The summed E-state index contributed by atoms with van der Waals surface area (Å²) in [6, 6.07) is 8.43. The molecular weight excluding hydrogens is 174 g/mol. The number of fused-ring (bicyclic) bond motifs is 1. The second-order valence-corrected chi connectivity index (χ2v) is 2.99. The molecule has 1 aliphatic heterocycles. The van der Waals surface area contributed by atoms with E-state index >= 15 is 0 Å². The van der Waals surface area contributed by atoms with Gasteiger partial charge in [0.2, 0.25) is 0 Å². The van der Waals surface area contributed by atoms with E-state index in [-0.39, 0.29) is 0 Å². The van der Waals surface area contributed by atoms with Crippen molar-refractivity contribution < 1.29 is 4.74 Å². The fourth-order valence-electron chi connectivity index (χ4n) is 1.47. The van der Waals surface area contributed by atoms with E-state index in [1.807, 2.05) is 13.0 Å². The minimum absolute atomic E-state index is 0.732. The Labute approximate surface area is 85.4 Å². The predicted octanol–water partition coefficient (Wildman–Crippen LogP) is 2.24. The third kappa shape index (κ3) is 2.36. The Morgan fingerprint density at radius 2 is 1.86 bits per heavy atom. The van der Waals surface area contributed by atoms with Crippen LogP contribution in [0.4, 0.5) is 0 Å². The first kappa shape index (κ1) is 10.8. The Hall–Kier alpha value is -1.28. The van der Waals surface area contributed by atoms with Gasteiger partial charge in [-0.2, -0.15) is 0 Å². The van der Waals surface area contributed by atoms with Gasteiger partial charge in [-0.15, -0.1) is 0 Å². The molecule has 0 spiro atoms. The van der Waals surface area contributed by atoms with E-state index in [9.17, 15) is 0 Å². The van der Waals surface area contributed by atoms with Gasteiger partial charge in [-0.1, -0.05) is 24.3 Å². The summed E-state index contributed by atoms with van der Waals surface area (Å²) in [6.07, 6.45) is 2.99. The SMILES string of the molecule is C/C=C1/Cc2ccccc2CO1.CN. The lowest BCUT2D eigenvalue weighted by Gasteiger charge is -2.19. The normalized spacial score (nSPS) is 16.4. The molecule has 0 saturated carbocycles. The topological polar surface area (TPSA) is 35.2 Å². The maximum absolute atomic E-state index is 5.51. The quantitative estimate of drug-likeness (QED) is 0.682. The average Bonchev–Trinajstić information content (AvgIpc) is 2.31. The van der Waals surface area contributed by atoms with Crippen LogP contribution in [0.25, 0.3) is 0 Å². The molecule has 1 heterocycles. The van der Waals surface area contributed by atoms with Crippen LogP contribution in [0.1, 0.15) is 18.1 Å². The lowest BCUT2D eigenvalue weighted by molar-refractivity contribution is 0.180. The Bertz CT molecular complexity index is 318. The van der Waals surface area contributed by atoms with Crippen molar-refractivity contribution in [1.29, 1.82) is 0 Å². The number of benzene rings is 1. The van der Waals surface area contributed by atoms with E-state index in [0.717, 1.165) is 18.8 Å². The zero-order valence-corrected chi connectivity index (χ0v) is 8.79. The van der Waals surface area contributed by atoms with Crippen LogP contribution in [0.2, 0.25) is 0 Å². The molecular formula is C12H17NO. The highest BCUT2D eigenvalue weighted by Crippen LogP contribution is 2.21. The Morgan fingerprint density at radius 1 is 1.21 bits per heavy atom. The first-order chi connectivity index (χ1) is 6.90. The van der Waals surface area contributed by atoms with Gasteiger partial charge < -0.3 is 10.5 Å². The van der Waals surface area contributed by atoms with Crippen LogP contribution in [0.5, 0.6) is 0 Å². The van der Waals surface area contributed by atoms with Crippen molar-refractivity contribution in [2.45, 2.75) is 20.0 Å². The molecule has 14 heavy (non-hydrogen) atoms. The van der Waals surface area contributed by atoms with Gasteiger partial charge in [0.15, 0.2) is 0 Å². The van der Waals surface area contributed by atoms with Crippen LogP contribution in [0, 0.1) is 0 Å². The van der Waals surface area contributed by atoms with E-state index in [4.69, 9.17) is 4.74 Å². The van der Waals surface area contributed by atoms with Crippen molar-refractivity contribution in [2.24, 2.45) is 5.73 Å². The molecule has 0 fully saturated rings. The zero-order valence-electron chi connectivity index (χ0n) is 8.79. The Balaban J connectivity index is 0.000000461. The highest BCUT2D eigenvalue weighted by Gasteiger charge is 2.11. The standard InChI is InChI=1S/C11H12O.CH5N/c1-2-11-7-9-5-3-4-6-10(9)8-12-11;1-2/h2-6H,7-8H2,1H3;2H2,1H3/b11-2-;. The third-order valence-electron chi connectivity index (χ3n) is 2.22. The molecule has 0 aromatic heterocycles. The second kappa shape index (κ2) is 5.45. The van der Waals surface area contributed by atoms with Crippen LogP contribution >= 0.6 is 0 Å². The number of nitrogens with two attached hydrogens (primary N) is 1. The van der Waals surface area contributed by atoms with E-state index in [1.54, 1.807) is 0 Å². The van der Waals surface area contributed by atoms with Crippen LogP contribution in [0.3, 0.4) is 0 Å². The molecule has 0 saturated heterocycles. The summed E-state index contributed by atoms with van der Waals surface area (Å²) in [7, 11) is 1.50. The highest BCUT2D eigenvalue weighted by molar-refractivity contribution is 5.31. The van der Waals surface area contributed by atoms with Crippen LogP contribution in [0.15, 0.2) is 36.1 Å². The maximum atomic E-state index is 5.51. The summed E-state index contributed by atoms with van der Waals surface area (Å²) in [6.45, 7) is 2.75. The number of hydrogen-bond donors (Lipinski definition) is 1. The molecule has 0 amide bonds. The number of rotatable bonds is 0. The smallest absolute Gasteiger partial charge is 0.113 e. The van der Waals surface area contributed by atoms with Crippen molar-refractivity contribution in [2.75, 3.05) is 7.05 Å². The van der Waals surface area contributed by atoms with Gasteiger partial charge in [-0.05, 0) is 31.2 Å². The summed E-state index contributed by atoms with van der Waals surface area (Å²) >= 11 is 0.